The first-order valence-electron chi connectivity index (χ1n) is 18.4. The molecule has 0 aliphatic rings. The zero-order valence-electron chi connectivity index (χ0n) is 29.6. The summed E-state index contributed by atoms with van der Waals surface area (Å²) in [7, 11) is 0. The Hall–Kier alpha value is -6.74. The van der Waals surface area contributed by atoms with Gasteiger partial charge in [-0.2, -0.15) is 0 Å². The molecule has 0 aliphatic heterocycles. The molecule has 10 aromatic rings. The largest absolute Gasteiger partial charge is 0.311 e. The smallest absolute Gasteiger partial charge is 0.0462 e. The van der Waals surface area contributed by atoms with E-state index in [9.17, 15) is 0 Å². The summed E-state index contributed by atoms with van der Waals surface area (Å²) in [5.41, 5.74) is 13.1. The van der Waals surface area contributed by atoms with E-state index in [2.05, 4.69) is 217 Å². The maximum absolute atomic E-state index is 2.36. The van der Waals surface area contributed by atoms with E-state index in [0.29, 0.717) is 0 Å². The second-order valence-electron chi connectivity index (χ2n) is 13.8. The minimum Gasteiger partial charge on any atom is -0.311 e. The van der Waals surface area contributed by atoms with Crippen molar-refractivity contribution in [3.05, 3.63) is 212 Å². The maximum Gasteiger partial charge on any atom is 0.0462 e. The highest BCUT2D eigenvalue weighted by Gasteiger charge is 2.15. The molecule has 1 nitrogen and oxygen atoms in total. The number of thiophene rings is 1. The minimum atomic E-state index is 1.11. The van der Waals surface area contributed by atoms with E-state index in [-0.39, 0.29) is 0 Å². The molecule has 1 aromatic heterocycles. The molecule has 0 unspecified atom stereocenters. The molecule has 0 radical (unpaired) electrons. The second kappa shape index (κ2) is 13.7. The van der Waals surface area contributed by atoms with Crippen molar-refractivity contribution in [3.8, 4) is 44.5 Å². The molecule has 9 aromatic carbocycles. The quantitative estimate of drug-likeness (QED) is 0.160. The molecule has 54 heavy (non-hydrogen) atoms. The van der Waals surface area contributed by atoms with Crippen molar-refractivity contribution in [2.45, 2.75) is 0 Å². The van der Waals surface area contributed by atoms with Crippen LogP contribution in [0.3, 0.4) is 0 Å². The van der Waals surface area contributed by atoms with Crippen LogP contribution < -0.4 is 4.90 Å². The highest BCUT2D eigenvalue weighted by atomic mass is 32.1. The zero-order chi connectivity index (χ0) is 35.8. The van der Waals surface area contributed by atoms with Gasteiger partial charge in [-0.3, -0.25) is 0 Å². The summed E-state index contributed by atoms with van der Waals surface area (Å²) in [5.74, 6) is 0. The standard InChI is InChI=1S/C52H35NS/c1-2-9-36(10-3-1)37-17-19-38(20-18-37)39-21-28-44(29-22-39)53(46-32-25-42(26-33-46)48-15-8-12-41-11-4-5-13-47(41)48)45-30-23-40(24-31-45)43-27-34-50-49-14-6-7-16-51(49)54-52(50)35-43/h1-35H. The van der Waals surface area contributed by atoms with Gasteiger partial charge in [-0.05, 0) is 104 Å². The number of anilines is 3. The van der Waals surface area contributed by atoms with Gasteiger partial charge in [0.25, 0.3) is 0 Å². The van der Waals surface area contributed by atoms with Gasteiger partial charge in [0.1, 0.15) is 0 Å². The van der Waals surface area contributed by atoms with Crippen molar-refractivity contribution >= 4 is 59.3 Å². The molecule has 0 amide bonds. The molecule has 0 aliphatic carbocycles. The van der Waals surface area contributed by atoms with Crippen LogP contribution in [-0.2, 0) is 0 Å². The van der Waals surface area contributed by atoms with Gasteiger partial charge in [0, 0.05) is 37.2 Å². The predicted octanol–water partition coefficient (Wildman–Crippen LogP) is 15.3. The Balaban J connectivity index is 1.00. The average Bonchev–Trinajstić information content (AvgIpc) is 3.63. The molecular weight excluding hydrogens is 671 g/mol. The summed E-state index contributed by atoms with van der Waals surface area (Å²) >= 11 is 1.86. The average molecular weight is 706 g/mol. The lowest BCUT2D eigenvalue weighted by Crippen LogP contribution is -2.09. The Morgan fingerprint density at radius 1 is 0.278 bits per heavy atom. The molecule has 10 rings (SSSR count). The number of nitrogens with zero attached hydrogens (tertiary/aromatic N) is 1. The van der Waals surface area contributed by atoms with Crippen LogP contribution in [0.4, 0.5) is 17.1 Å². The fourth-order valence-corrected chi connectivity index (χ4v) is 8.86. The lowest BCUT2D eigenvalue weighted by Gasteiger charge is -2.26. The Labute approximate surface area is 319 Å². The molecular formula is C52H35NS. The van der Waals surface area contributed by atoms with Gasteiger partial charge in [0.05, 0.1) is 0 Å². The highest BCUT2D eigenvalue weighted by Crippen LogP contribution is 2.40. The van der Waals surface area contributed by atoms with E-state index in [1.807, 2.05) is 11.3 Å². The lowest BCUT2D eigenvalue weighted by molar-refractivity contribution is 1.28. The van der Waals surface area contributed by atoms with Crippen molar-refractivity contribution in [1.82, 2.24) is 0 Å². The zero-order valence-corrected chi connectivity index (χ0v) is 30.4. The van der Waals surface area contributed by atoms with Crippen molar-refractivity contribution < 1.29 is 0 Å². The van der Waals surface area contributed by atoms with Crippen LogP contribution in [-0.4, -0.2) is 0 Å². The van der Waals surface area contributed by atoms with Gasteiger partial charge in [-0.1, -0.05) is 164 Å². The number of fused-ring (bicyclic) bond motifs is 4. The molecule has 0 spiro atoms. The third-order valence-corrected chi connectivity index (χ3v) is 11.6. The summed E-state index contributed by atoms with van der Waals surface area (Å²) in [4.78, 5) is 2.36. The van der Waals surface area contributed by atoms with Crippen LogP contribution in [0.1, 0.15) is 0 Å². The number of hydrogen-bond acceptors (Lipinski definition) is 2. The van der Waals surface area contributed by atoms with Gasteiger partial charge in [-0.15, -0.1) is 11.3 Å². The van der Waals surface area contributed by atoms with Gasteiger partial charge in [0.2, 0.25) is 0 Å². The van der Waals surface area contributed by atoms with Crippen LogP contribution in [0.2, 0.25) is 0 Å². The maximum atomic E-state index is 2.36. The SMILES string of the molecule is c1ccc(-c2ccc(-c3ccc(N(c4ccc(-c5ccc6c(c5)sc5ccccc56)cc4)c4ccc(-c5cccc6ccccc56)cc4)cc3)cc2)cc1. The summed E-state index contributed by atoms with van der Waals surface area (Å²) < 4.78 is 2.65. The van der Waals surface area contributed by atoms with Crippen molar-refractivity contribution in [2.75, 3.05) is 4.90 Å². The van der Waals surface area contributed by atoms with Gasteiger partial charge >= 0.3 is 0 Å². The molecule has 0 atom stereocenters. The summed E-state index contributed by atoms with van der Waals surface area (Å²) in [6.45, 7) is 0. The highest BCUT2D eigenvalue weighted by molar-refractivity contribution is 7.25. The predicted molar refractivity (Wildman–Crippen MR) is 233 cm³/mol. The van der Waals surface area contributed by atoms with Gasteiger partial charge in [0.15, 0.2) is 0 Å². The number of hydrogen-bond donors (Lipinski definition) is 0. The van der Waals surface area contributed by atoms with Crippen molar-refractivity contribution in [2.24, 2.45) is 0 Å². The Morgan fingerprint density at radius 3 is 1.37 bits per heavy atom. The molecule has 0 fully saturated rings. The summed E-state index contributed by atoms with van der Waals surface area (Å²) in [6, 6.07) is 77.1. The van der Waals surface area contributed by atoms with Gasteiger partial charge < -0.3 is 4.90 Å². The Bertz CT molecular complexity index is 2880. The van der Waals surface area contributed by atoms with Crippen LogP contribution in [0, 0.1) is 0 Å². The fourth-order valence-electron chi connectivity index (χ4n) is 7.71. The second-order valence-corrected chi connectivity index (χ2v) is 14.8. The van der Waals surface area contributed by atoms with Crippen LogP contribution in [0.5, 0.6) is 0 Å². The van der Waals surface area contributed by atoms with E-state index in [1.165, 1.54) is 75.5 Å². The van der Waals surface area contributed by atoms with Crippen molar-refractivity contribution in [1.29, 1.82) is 0 Å². The van der Waals surface area contributed by atoms with E-state index in [0.717, 1.165) is 17.1 Å². The minimum absolute atomic E-state index is 1.11. The monoisotopic (exact) mass is 705 g/mol. The topological polar surface area (TPSA) is 3.24 Å². The summed E-state index contributed by atoms with van der Waals surface area (Å²) in [5, 5.41) is 5.17. The fraction of sp³-hybridized carbons (Fsp3) is 0. The Morgan fingerprint density at radius 2 is 0.722 bits per heavy atom. The molecule has 1 heterocycles. The van der Waals surface area contributed by atoms with E-state index < -0.39 is 0 Å². The molecule has 0 saturated carbocycles. The van der Waals surface area contributed by atoms with Crippen molar-refractivity contribution in [3.63, 3.8) is 0 Å². The first-order valence-corrected chi connectivity index (χ1v) is 19.2. The molecule has 0 saturated heterocycles. The third-order valence-electron chi connectivity index (χ3n) is 10.5. The van der Waals surface area contributed by atoms with Crippen LogP contribution in [0.15, 0.2) is 212 Å². The third kappa shape index (κ3) is 5.93. The van der Waals surface area contributed by atoms with E-state index in [4.69, 9.17) is 0 Å². The first kappa shape index (κ1) is 32.0. The molecule has 0 bridgehead atoms. The molecule has 254 valence electrons. The Kier molecular flexibility index (Phi) is 8.09. The normalized spacial score (nSPS) is 11.3. The van der Waals surface area contributed by atoms with Crippen LogP contribution in [0.25, 0.3) is 75.5 Å². The van der Waals surface area contributed by atoms with E-state index >= 15 is 0 Å². The van der Waals surface area contributed by atoms with Crippen LogP contribution >= 0.6 is 11.3 Å². The summed E-state index contributed by atoms with van der Waals surface area (Å²) in [6.07, 6.45) is 0. The first-order chi connectivity index (χ1) is 26.7. The molecule has 0 N–H and O–H groups in total. The lowest BCUT2D eigenvalue weighted by atomic mass is 9.98. The number of rotatable bonds is 7. The molecule has 2 heteroatoms. The van der Waals surface area contributed by atoms with E-state index in [1.54, 1.807) is 0 Å². The van der Waals surface area contributed by atoms with Gasteiger partial charge in [-0.25, -0.2) is 0 Å². The number of benzene rings is 9.